The molecule has 0 saturated carbocycles. The van der Waals surface area contributed by atoms with Gasteiger partial charge in [0, 0.05) is 6.20 Å². The molecule has 0 aliphatic heterocycles. The van der Waals surface area contributed by atoms with Crippen molar-refractivity contribution in [3.05, 3.63) is 46.9 Å². The van der Waals surface area contributed by atoms with Gasteiger partial charge in [0.1, 0.15) is 5.75 Å². The van der Waals surface area contributed by atoms with Gasteiger partial charge in [0.05, 0.1) is 11.2 Å². The second-order valence-corrected chi connectivity index (χ2v) is 4.82. The number of aromatic amines is 1. The van der Waals surface area contributed by atoms with Crippen molar-refractivity contribution in [1.82, 2.24) is 14.5 Å². The normalized spacial score (nSPS) is 11.2. The zero-order valence-electron chi connectivity index (χ0n) is 11.0. The maximum Gasteiger partial charge on any atom is 0.387 e. The first-order chi connectivity index (χ1) is 10.1. The highest BCUT2D eigenvalue weighted by molar-refractivity contribution is 7.71. The number of para-hydroxylation sites is 2. The van der Waals surface area contributed by atoms with Gasteiger partial charge >= 0.3 is 6.61 Å². The Morgan fingerprint density at radius 2 is 2.05 bits per heavy atom. The van der Waals surface area contributed by atoms with Gasteiger partial charge in [-0.3, -0.25) is 4.57 Å². The molecular formula is C14H11F2N3OS. The van der Waals surface area contributed by atoms with Gasteiger partial charge in [0.25, 0.3) is 0 Å². The van der Waals surface area contributed by atoms with Crippen molar-refractivity contribution >= 4 is 23.4 Å². The lowest BCUT2D eigenvalue weighted by molar-refractivity contribution is -0.0498. The Morgan fingerprint density at radius 3 is 2.81 bits per heavy atom. The summed E-state index contributed by atoms with van der Waals surface area (Å²) in [6, 6.07) is 8.32. The molecule has 0 amide bonds. The lowest BCUT2D eigenvalue weighted by atomic mass is 10.2. The van der Waals surface area contributed by atoms with Crippen molar-refractivity contribution in [3.63, 3.8) is 0 Å². The van der Waals surface area contributed by atoms with Crippen LogP contribution >= 0.6 is 12.2 Å². The van der Waals surface area contributed by atoms with E-state index in [0.717, 1.165) is 11.1 Å². The highest BCUT2D eigenvalue weighted by Gasteiger charge is 2.15. The molecule has 0 aliphatic rings. The summed E-state index contributed by atoms with van der Waals surface area (Å²) in [5.74, 6) is 0.0489. The summed E-state index contributed by atoms with van der Waals surface area (Å²) in [5.41, 5.74) is 2.74. The lowest BCUT2D eigenvalue weighted by Crippen LogP contribution is -2.06. The molecule has 1 aromatic carbocycles. The van der Waals surface area contributed by atoms with Gasteiger partial charge in [-0.1, -0.05) is 12.1 Å². The summed E-state index contributed by atoms with van der Waals surface area (Å²) in [7, 11) is 0. The van der Waals surface area contributed by atoms with Gasteiger partial charge in [-0.2, -0.15) is 8.78 Å². The molecule has 2 aromatic heterocycles. The first-order valence-electron chi connectivity index (χ1n) is 6.18. The van der Waals surface area contributed by atoms with E-state index >= 15 is 0 Å². The van der Waals surface area contributed by atoms with E-state index in [9.17, 15) is 8.78 Å². The van der Waals surface area contributed by atoms with Crippen LogP contribution in [0.15, 0.2) is 36.5 Å². The molecule has 0 saturated heterocycles. The average Bonchev–Trinajstić information content (AvgIpc) is 2.77. The third-order valence-electron chi connectivity index (χ3n) is 3.11. The predicted molar refractivity (Wildman–Crippen MR) is 77.6 cm³/mol. The van der Waals surface area contributed by atoms with Crippen molar-refractivity contribution in [3.8, 4) is 11.4 Å². The minimum Gasteiger partial charge on any atom is -0.433 e. The molecule has 108 valence electrons. The number of hydrogen-bond acceptors (Lipinski definition) is 3. The van der Waals surface area contributed by atoms with E-state index in [2.05, 4.69) is 14.7 Å². The monoisotopic (exact) mass is 307 g/mol. The SMILES string of the molecule is Cc1ccnc2c1[nH]c(=S)n2-c1ccccc1OC(F)F. The summed E-state index contributed by atoms with van der Waals surface area (Å²) >= 11 is 5.29. The van der Waals surface area contributed by atoms with Crippen molar-refractivity contribution in [2.24, 2.45) is 0 Å². The average molecular weight is 307 g/mol. The number of H-pyrrole nitrogens is 1. The molecule has 0 radical (unpaired) electrons. The third kappa shape index (κ3) is 2.40. The standard InChI is InChI=1S/C14H11F2N3OS/c1-8-6-7-17-12-11(8)18-14(21)19(12)9-4-2-3-5-10(9)20-13(15)16/h2-7,13H,1H3,(H,18,21). The number of benzene rings is 1. The summed E-state index contributed by atoms with van der Waals surface area (Å²) < 4.78 is 31.6. The van der Waals surface area contributed by atoms with Gasteiger partial charge in [-0.15, -0.1) is 0 Å². The van der Waals surface area contributed by atoms with Gasteiger partial charge in [0.15, 0.2) is 10.4 Å². The predicted octanol–water partition coefficient (Wildman–Crippen LogP) is 3.99. The summed E-state index contributed by atoms with van der Waals surface area (Å²) in [5, 5.41) is 0. The molecule has 21 heavy (non-hydrogen) atoms. The third-order valence-corrected chi connectivity index (χ3v) is 3.39. The Balaban J connectivity index is 2.29. The number of pyridine rings is 1. The van der Waals surface area contributed by atoms with Crippen molar-refractivity contribution in [1.29, 1.82) is 0 Å². The zero-order valence-corrected chi connectivity index (χ0v) is 11.8. The van der Waals surface area contributed by atoms with Crippen LogP contribution in [-0.2, 0) is 0 Å². The molecule has 0 bridgehead atoms. The van der Waals surface area contributed by atoms with Gasteiger partial charge in [-0.05, 0) is 42.9 Å². The van der Waals surface area contributed by atoms with Gasteiger partial charge in [0.2, 0.25) is 0 Å². The molecule has 7 heteroatoms. The number of ether oxygens (including phenoxy) is 1. The number of fused-ring (bicyclic) bond motifs is 1. The lowest BCUT2D eigenvalue weighted by Gasteiger charge is -2.11. The van der Waals surface area contributed by atoms with Crippen LogP contribution in [0.25, 0.3) is 16.9 Å². The topological polar surface area (TPSA) is 42.8 Å². The van der Waals surface area contributed by atoms with Gasteiger partial charge in [-0.25, -0.2) is 4.98 Å². The molecule has 0 aliphatic carbocycles. The van der Waals surface area contributed by atoms with Crippen molar-refractivity contribution in [2.45, 2.75) is 13.5 Å². The molecule has 3 aromatic rings. The van der Waals surface area contributed by atoms with Crippen LogP contribution in [0.5, 0.6) is 5.75 Å². The Hall–Kier alpha value is -2.28. The molecule has 0 fully saturated rings. The number of halogens is 2. The van der Waals surface area contributed by atoms with Crippen LogP contribution < -0.4 is 4.74 Å². The van der Waals surface area contributed by atoms with Crippen LogP contribution in [0.4, 0.5) is 8.78 Å². The molecule has 0 spiro atoms. The molecule has 0 unspecified atom stereocenters. The first kappa shape index (κ1) is 13.7. The molecule has 0 atom stereocenters. The quantitative estimate of drug-likeness (QED) is 0.744. The first-order valence-corrected chi connectivity index (χ1v) is 6.59. The van der Waals surface area contributed by atoms with Crippen LogP contribution in [0.3, 0.4) is 0 Å². The Kier molecular flexibility index (Phi) is 3.42. The number of nitrogens with zero attached hydrogens (tertiary/aromatic N) is 2. The fourth-order valence-electron chi connectivity index (χ4n) is 2.19. The Bertz CT molecular complexity index is 857. The number of rotatable bonds is 3. The zero-order chi connectivity index (χ0) is 15.0. The van der Waals surface area contributed by atoms with Gasteiger partial charge < -0.3 is 9.72 Å². The van der Waals surface area contributed by atoms with Crippen LogP contribution in [0, 0.1) is 11.7 Å². The number of aryl methyl sites for hydroxylation is 1. The smallest absolute Gasteiger partial charge is 0.387 e. The van der Waals surface area contributed by atoms with Crippen molar-refractivity contribution < 1.29 is 13.5 Å². The van der Waals surface area contributed by atoms with E-state index in [0.29, 0.717) is 16.1 Å². The summed E-state index contributed by atoms with van der Waals surface area (Å²) in [6.45, 7) is -0.985. The fraction of sp³-hybridized carbons (Fsp3) is 0.143. The molecular weight excluding hydrogens is 296 g/mol. The number of imidazole rings is 1. The van der Waals surface area contributed by atoms with E-state index in [-0.39, 0.29) is 5.75 Å². The minimum absolute atomic E-state index is 0.0489. The van der Waals surface area contributed by atoms with E-state index in [4.69, 9.17) is 12.2 Å². The number of alkyl halides is 2. The maximum atomic E-state index is 12.5. The van der Waals surface area contributed by atoms with Crippen LogP contribution in [-0.4, -0.2) is 21.1 Å². The van der Waals surface area contributed by atoms with Crippen molar-refractivity contribution in [2.75, 3.05) is 0 Å². The Labute approximate surface area is 124 Å². The largest absolute Gasteiger partial charge is 0.433 e. The molecule has 2 heterocycles. The van der Waals surface area contributed by atoms with E-state index < -0.39 is 6.61 Å². The fourth-order valence-corrected chi connectivity index (χ4v) is 2.47. The maximum absolute atomic E-state index is 12.5. The minimum atomic E-state index is -2.90. The molecule has 3 rings (SSSR count). The molecule has 1 N–H and O–H groups in total. The number of hydrogen-bond donors (Lipinski definition) is 1. The van der Waals surface area contributed by atoms with E-state index in [1.165, 1.54) is 6.07 Å². The molecule has 4 nitrogen and oxygen atoms in total. The van der Waals surface area contributed by atoms with Crippen LogP contribution in [0.2, 0.25) is 0 Å². The second-order valence-electron chi connectivity index (χ2n) is 4.44. The highest BCUT2D eigenvalue weighted by Crippen LogP contribution is 2.28. The van der Waals surface area contributed by atoms with E-state index in [1.807, 2.05) is 13.0 Å². The summed E-state index contributed by atoms with van der Waals surface area (Å²) in [6.07, 6.45) is 1.65. The van der Waals surface area contributed by atoms with Crippen LogP contribution in [0.1, 0.15) is 5.56 Å². The Morgan fingerprint density at radius 1 is 1.29 bits per heavy atom. The number of nitrogens with one attached hydrogen (secondary N) is 1. The van der Waals surface area contributed by atoms with E-state index in [1.54, 1.807) is 29.0 Å². The summed E-state index contributed by atoms with van der Waals surface area (Å²) in [4.78, 5) is 7.33. The second kappa shape index (κ2) is 5.25. The number of aromatic nitrogens is 3. The highest BCUT2D eigenvalue weighted by atomic mass is 32.1.